The number of thiophene rings is 1. The van der Waals surface area contributed by atoms with Crippen LogP contribution in [0.2, 0.25) is 0 Å². The third kappa shape index (κ3) is 2.39. The number of amides is 1. The number of carboxylic acid groups (broad SMARTS) is 1. The molecule has 0 spiro atoms. The summed E-state index contributed by atoms with van der Waals surface area (Å²) in [6, 6.07) is 2.36. The SMILES string of the molecule is O=C(O)CC1CC2CCC(C1)N2C(=O)c1ccsc1. The topological polar surface area (TPSA) is 57.6 Å². The third-order valence-corrected chi connectivity index (χ3v) is 4.98. The van der Waals surface area contributed by atoms with Gasteiger partial charge in [-0.05, 0) is 43.0 Å². The van der Waals surface area contributed by atoms with E-state index >= 15 is 0 Å². The lowest BCUT2D eigenvalue weighted by Gasteiger charge is -2.38. The number of rotatable bonds is 3. The molecule has 5 heteroatoms. The second kappa shape index (κ2) is 4.96. The molecule has 2 saturated heterocycles. The van der Waals surface area contributed by atoms with E-state index in [1.54, 1.807) is 0 Å². The molecule has 3 rings (SSSR count). The molecular formula is C14H17NO3S. The molecule has 2 unspecified atom stereocenters. The van der Waals surface area contributed by atoms with Crippen molar-refractivity contribution in [2.45, 2.75) is 44.2 Å². The zero-order valence-electron chi connectivity index (χ0n) is 10.6. The molecule has 2 fully saturated rings. The minimum Gasteiger partial charge on any atom is -0.481 e. The van der Waals surface area contributed by atoms with E-state index in [2.05, 4.69) is 0 Å². The fraction of sp³-hybridized carbons (Fsp3) is 0.571. The van der Waals surface area contributed by atoms with E-state index in [4.69, 9.17) is 5.11 Å². The summed E-state index contributed by atoms with van der Waals surface area (Å²) in [5.74, 6) is -0.355. The number of aliphatic carboxylic acids is 1. The molecule has 4 nitrogen and oxygen atoms in total. The molecule has 1 aromatic heterocycles. The van der Waals surface area contributed by atoms with Gasteiger partial charge in [0.15, 0.2) is 0 Å². The van der Waals surface area contributed by atoms with Crippen LogP contribution in [0.5, 0.6) is 0 Å². The maximum absolute atomic E-state index is 12.5. The smallest absolute Gasteiger partial charge is 0.303 e. The monoisotopic (exact) mass is 279 g/mol. The van der Waals surface area contributed by atoms with Crippen LogP contribution in [0.3, 0.4) is 0 Å². The van der Waals surface area contributed by atoms with Crippen molar-refractivity contribution in [2.75, 3.05) is 0 Å². The lowest BCUT2D eigenvalue weighted by molar-refractivity contribution is -0.138. The number of carbonyl (C=O) groups excluding carboxylic acids is 1. The number of hydrogen-bond donors (Lipinski definition) is 1. The zero-order chi connectivity index (χ0) is 13.4. The van der Waals surface area contributed by atoms with Crippen LogP contribution < -0.4 is 0 Å². The van der Waals surface area contributed by atoms with Crippen LogP contribution in [-0.2, 0) is 4.79 Å². The first kappa shape index (κ1) is 12.7. The van der Waals surface area contributed by atoms with Gasteiger partial charge in [-0.2, -0.15) is 11.3 Å². The second-order valence-corrected chi connectivity index (χ2v) is 6.32. The predicted molar refractivity (Wildman–Crippen MR) is 72.3 cm³/mol. The number of nitrogens with zero attached hydrogens (tertiary/aromatic N) is 1. The Morgan fingerprint density at radius 1 is 1.32 bits per heavy atom. The van der Waals surface area contributed by atoms with E-state index in [-0.39, 0.29) is 30.3 Å². The number of fused-ring (bicyclic) bond motifs is 2. The molecule has 2 bridgehead atoms. The second-order valence-electron chi connectivity index (χ2n) is 5.54. The van der Waals surface area contributed by atoms with Crippen LogP contribution in [0, 0.1) is 5.92 Å². The summed E-state index contributed by atoms with van der Waals surface area (Å²) in [4.78, 5) is 25.3. The standard InChI is InChI=1S/C14H17NO3S/c16-13(17)7-9-5-11-1-2-12(6-9)15(11)14(18)10-3-4-19-8-10/h3-4,8-9,11-12H,1-2,5-7H2,(H,16,17). The van der Waals surface area contributed by atoms with E-state index < -0.39 is 5.97 Å². The van der Waals surface area contributed by atoms with Gasteiger partial charge in [-0.3, -0.25) is 9.59 Å². The molecule has 102 valence electrons. The number of carbonyl (C=O) groups is 2. The van der Waals surface area contributed by atoms with Gasteiger partial charge < -0.3 is 10.0 Å². The minimum atomic E-state index is -0.720. The van der Waals surface area contributed by atoms with Gasteiger partial charge in [0.1, 0.15) is 0 Å². The Hall–Kier alpha value is -1.36. The summed E-state index contributed by atoms with van der Waals surface area (Å²) in [6.07, 6.45) is 3.98. The maximum atomic E-state index is 12.5. The highest BCUT2D eigenvalue weighted by Crippen LogP contribution is 2.40. The molecule has 3 heterocycles. The molecule has 19 heavy (non-hydrogen) atoms. The third-order valence-electron chi connectivity index (χ3n) is 4.30. The summed E-state index contributed by atoms with van der Waals surface area (Å²) in [7, 11) is 0. The van der Waals surface area contributed by atoms with Crippen molar-refractivity contribution in [1.82, 2.24) is 4.90 Å². The maximum Gasteiger partial charge on any atom is 0.303 e. The molecule has 1 aromatic rings. The molecular weight excluding hydrogens is 262 g/mol. The Labute approximate surface area is 116 Å². The van der Waals surface area contributed by atoms with Gasteiger partial charge in [0.2, 0.25) is 0 Å². The van der Waals surface area contributed by atoms with E-state index in [1.165, 1.54) is 11.3 Å². The molecule has 0 radical (unpaired) electrons. The summed E-state index contributed by atoms with van der Waals surface area (Å²) in [5.41, 5.74) is 0.776. The van der Waals surface area contributed by atoms with E-state index in [1.807, 2.05) is 21.7 Å². The lowest BCUT2D eigenvalue weighted by Crippen LogP contribution is -2.46. The average molecular weight is 279 g/mol. The van der Waals surface area contributed by atoms with Gasteiger partial charge in [0.25, 0.3) is 5.91 Å². The van der Waals surface area contributed by atoms with Crippen molar-refractivity contribution >= 4 is 23.2 Å². The summed E-state index contributed by atoms with van der Waals surface area (Å²) in [6.45, 7) is 0. The first-order chi connectivity index (χ1) is 9.15. The van der Waals surface area contributed by atoms with Crippen LogP contribution >= 0.6 is 11.3 Å². The molecule has 0 saturated carbocycles. The lowest BCUT2D eigenvalue weighted by atomic mass is 9.88. The van der Waals surface area contributed by atoms with Crippen molar-refractivity contribution in [1.29, 1.82) is 0 Å². The Bertz CT molecular complexity index is 471. The quantitative estimate of drug-likeness (QED) is 0.925. The summed E-state index contributed by atoms with van der Waals surface area (Å²) >= 11 is 1.54. The van der Waals surface area contributed by atoms with Crippen LogP contribution in [0.25, 0.3) is 0 Å². The van der Waals surface area contributed by atoms with Crippen molar-refractivity contribution in [2.24, 2.45) is 5.92 Å². The van der Waals surface area contributed by atoms with Crippen LogP contribution in [0.1, 0.15) is 42.5 Å². The first-order valence-corrected chi connectivity index (χ1v) is 7.66. The van der Waals surface area contributed by atoms with Gasteiger partial charge in [0.05, 0.1) is 5.56 Å². The van der Waals surface area contributed by atoms with Gasteiger partial charge in [-0.1, -0.05) is 0 Å². The number of hydrogen-bond acceptors (Lipinski definition) is 3. The molecule has 1 amide bonds. The Morgan fingerprint density at radius 2 is 2.00 bits per heavy atom. The summed E-state index contributed by atoms with van der Waals surface area (Å²) in [5, 5.41) is 12.7. The van der Waals surface area contributed by atoms with Gasteiger partial charge >= 0.3 is 5.97 Å². The molecule has 0 aliphatic carbocycles. The molecule has 1 N–H and O–H groups in total. The van der Waals surface area contributed by atoms with E-state index in [9.17, 15) is 9.59 Å². The predicted octanol–water partition coefficient (Wildman–Crippen LogP) is 2.61. The largest absolute Gasteiger partial charge is 0.481 e. The van der Waals surface area contributed by atoms with Crippen molar-refractivity contribution in [3.63, 3.8) is 0 Å². The Balaban J connectivity index is 1.73. The number of piperidine rings is 1. The van der Waals surface area contributed by atoms with Crippen LogP contribution in [0.4, 0.5) is 0 Å². The molecule has 2 atom stereocenters. The Morgan fingerprint density at radius 3 is 2.53 bits per heavy atom. The van der Waals surface area contributed by atoms with Crippen molar-refractivity contribution in [3.05, 3.63) is 22.4 Å². The van der Waals surface area contributed by atoms with Gasteiger partial charge in [-0.15, -0.1) is 0 Å². The highest BCUT2D eigenvalue weighted by molar-refractivity contribution is 7.08. The van der Waals surface area contributed by atoms with Gasteiger partial charge in [0, 0.05) is 23.9 Å². The molecule has 2 aliphatic heterocycles. The van der Waals surface area contributed by atoms with Crippen molar-refractivity contribution in [3.8, 4) is 0 Å². The summed E-state index contributed by atoms with van der Waals surface area (Å²) < 4.78 is 0. The zero-order valence-corrected chi connectivity index (χ0v) is 11.4. The fourth-order valence-corrected chi connectivity index (χ4v) is 4.20. The number of carboxylic acids is 1. The van der Waals surface area contributed by atoms with E-state index in [0.29, 0.717) is 0 Å². The fourth-order valence-electron chi connectivity index (χ4n) is 3.57. The molecule has 0 aromatic carbocycles. The normalized spacial score (nSPS) is 29.5. The first-order valence-electron chi connectivity index (χ1n) is 6.72. The van der Waals surface area contributed by atoms with Gasteiger partial charge in [-0.25, -0.2) is 0 Å². The van der Waals surface area contributed by atoms with Crippen molar-refractivity contribution < 1.29 is 14.7 Å². The highest BCUT2D eigenvalue weighted by atomic mass is 32.1. The highest BCUT2D eigenvalue weighted by Gasteiger charge is 2.43. The Kier molecular flexibility index (Phi) is 3.31. The van der Waals surface area contributed by atoms with E-state index in [0.717, 1.165) is 31.2 Å². The van der Waals surface area contributed by atoms with Crippen LogP contribution in [-0.4, -0.2) is 34.0 Å². The molecule has 2 aliphatic rings. The van der Waals surface area contributed by atoms with Crippen LogP contribution in [0.15, 0.2) is 16.8 Å². The average Bonchev–Trinajstić information content (AvgIpc) is 2.95. The minimum absolute atomic E-state index is 0.127.